The van der Waals surface area contributed by atoms with Crippen LogP contribution in [-0.4, -0.2) is 37.9 Å². The highest BCUT2D eigenvalue weighted by molar-refractivity contribution is 7.99. The Hall–Kier alpha value is -2.18. The van der Waals surface area contributed by atoms with Crippen molar-refractivity contribution in [2.24, 2.45) is 0 Å². The van der Waals surface area contributed by atoms with Crippen LogP contribution in [0.5, 0.6) is 5.75 Å². The second-order valence-corrected chi connectivity index (χ2v) is 7.41. The number of esters is 1. The van der Waals surface area contributed by atoms with Crippen molar-refractivity contribution < 1.29 is 19.1 Å². The summed E-state index contributed by atoms with van der Waals surface area (Å²) in [4.78, 5) is 24.9. The SMILES string of the molecule is COc1ccc(Cl)cc1CC(=O)OCC(=O)NCCSc1ccc(C)cc1. The van der Waals surface area contributed by atoms with Crippen LogP contribution in [-0.2, 0) is 20.7 Å². The van der Waals surface area contributed by atoms with Crippen molar-refractivity contribution in [1.82, 2.24) is 5.32 Å². The molecule has 2 rings (SSSR count). The third-order valence-electron chi connectivity index (χ3n) is 3.66. The number of carbonyl (C=O) groups is 2. The fraction of sp³-hybridized carbons (Fsp3) is 0.300. The van der Waals surface area contributed by atoms with E-state index in [1.807, 2.05) is 19.1 Å². The maximum atomic E-state index is 11.9. The van der Waals surface area contributed by atoms with Gasteiger partial charge in [-0.15, -0.1) is 11.8 Å². The molecule has 0 atom stereocenters. The Morgan fingerprint density at radius 2 is 1.89 bits per heavy atom. The zero-order valence-corrected chi connectivity index (χ0v) is 16.9. The molecular formula is C20H22ClNO4S. The average molecular weight is 408 g/mol. The van der Waals surface area contributed by atoms with Crippen LogP contribution in [0.2, 0.25) is 5.02 Å². The predicted octanol–water partition coefficient (Wildman–Crippen LogP) is 3.65. The summed E-state index contributed by atoms with van der Waals surface area (Å²) in [5, 5.41) is 3.23. The number of hydrogen-bond acceptors (Lipinski definition) is 5. The van der Waals surface area contributed by atoms with Gasteiger partial charge in [-0.3, -0.25) is 9.59 Å². The number of amides is 1. The Balaban J connectivity index is 1.67. The van der Waals surface area contributed by atoms with E-state index in [0.717, 1.165) is 10.6 Å². The molecule has 0 unspecified atom stereocenters. The van der Waals surface area contributed by atoms with Crippen molar-refractivity contribution in [3.63, 3.8) is 0 Å². The smallest absolute Gasteiger partial charge is 0.310 e. The van der Waals surface area contributed by atoms with E-state index in [4.69, 9.17) is 21.1 Å². The molecular weight excluding hydrogens is 386 g/mol. The fourth-order valence-corrected chi connectivity index (χ4v) is 3.25. The molecule has 0 heterocycles. The lowest BCUT2D eigenvalue weighted by Gasteiger charge is -2.09. The molecule has 0 aliphatic rings. The Bertz CT molecular complexity index is 780. The normalized spacial score (nSPS) is 10.3. The summed E-state index contributed by atoms with van der Waals surface area (Å²) in [7, 11) is 1.51. The minimum atomic E-state index is -0.514. The van der Waals surface area contributed by atoms with Gasteiger partial charge in [0.1, 0.15) is 5.75 Å². The molecule has 0 radical (unpaired) electrons. The minimum absolute atomic E-state index is 0.0136. The Kier molecular flexibility index (Phi) is 8.48. The van der Waals surface area contributed by atoms with Crippen molar-refractivity contribution in [2.75, 3.05) is 26.0 Å². The van der Waals surface area contributed by atoms with Crippen LogP contribution < -0.4 is 10.1 Å². The van der Waals surface area contributed by atoms with Gasteiger partial charge in [0.2, 0.25) is 0 Å². The van der Waals surface area contributed by atoms with Crippen LogP contribution >= 0.6 is 23.4 Å². The Labute approximate surface area is 168 Å². The number of halogens is 1. The summed E-state index contributed by atoms with van der Waals surface area (Å²) in [6, 6.07) is 13.2. The standard InChI is InChI=1S/C20H22ClNO4S/c1-14-3-6-17(7-4-14)27-10-9-22-19(23)13-26-20(24)12-15-11-16(21)5-8-18(15)25-2/h3-8,11H,9-10,12-13H2,1-2H3,(H,22,23). The van der Waals surface area contributed by atoms with Gasteiger partial charge in [-0.1, -0.05) is 29.3 Å². The van der Waals surface area contributed by atoms with Crippen LogP contribution in [0, 0.1) is 6.92 Å². The van der Waals surface area contributed by atoms with Gasteiger partial charge >= 0.3 is 5.97 Å². The van der Waals surface area contributed by atoms with Crippen molar-refractivity contribution in [2.45, 2.75) is 18.2 Å². The van der Waals surface area contributed by atoms with Crippen LogP contribution in [0.4, 0.5) is 0 Å². The molecule has 0 aliphatic carbocycles. The zero-order chi connectivity index (χ0) is 19.6. The first kappa shape index (κ1) is 21.1. The molecule has 0 saturated carbocycles. The lowest BCUT2D eigenvalue weighted by molar-refractivity contribution is -0.147. The maximum absolute atomic E-state index is 11.9. The molecule has 0 aromatic heterocycles. The van der Waals surface area contributed by atoms with E-state index in [1.54, 1.807) is 30.0 Å². The molecule has 0 fully saturated rings. The molecule has 0 saturated heterocycles. The molecule has 1 amide bonds. The average Bonchev–Trinajstić information content (AvgIpc) is 2.65. The number of rotatable bonds is 9. The van der Waals surface area contributed by atoms with Crippen molar-refractivity contribution in [1.29, 1.82) is 0 Å². The van der Waals surface area contributed by atoms with Gasteiger partial charge in [0, 0.05) is 27.8 Å². The lowest BCUT2D eigenvalue weighted by Crippen LogP contribution is -2.30. The Morgan fingerprint density at radius 3 is 2.59 bits per heavy atom. The molecule has 1 N–H and O–H groups in total. The Morgan fingerprint density at radius 1 is 1.15 bits per heavy atom. The van der Waals surface area contributed by atoms with E-state index < -0.39 is 5.97 Å². The van der Waals surface area contributed by atoms with E-state index in [9.17, 15) is 9.59 Å². The van der Waals surface area contributed by atoms with Crippen LogP contribution in [0.3, 0.4) is 0 Å². The number of carbonyl (C=O) groups excluding carboxylic acids is 2. The number of methoxy groups -OCH3 is 1. The van der Waals surface area contributed by atoms with E-state index in [1.165, 1.54) is 12.7 Å². The van der Waals surface area contributed by atoms with Crippen molar-refractivity contribution >= 4 is 35.2 Å². The minimum Gasteiger partial charge on any atom is -0.496 e. The van der Waals surface area contributed by atoms with Gasteiger partial charge in [-0.05, 0) is 37.3 Å². The molecule has 0 bridgehead atoms. The highest BCUT2D eigenvalue weighted by Gasteiger charge is 2.12. The highest BCUT2D eigenvalue weighted by atomic mass is 35.5. The number of benzene rings is 2. The summed E-state index contributed by atoms with van der Waals surface area (Å²) in [6.07, 6.45) is -0.0136. The second-order valence-electron chi connectivity index (χ2n) is 5.81. The predicted molar refractivity (Wildman–Crippen MR) is 108 cm³/mol. The molecule has 7 heteroatoms. The van der Waals surface area contributed by atoms with Gasteiger partial charge in [-0.2, -0.15) is 0 Å². The molecule has 2 aromatic carbocycles. The first-order valence-corrected chi connectivity index (χ1v) is 9.78. The van der Waals surface area contributed by atoms with Gasteiger partial charge in [0.15, 0.2) is 6.61 Å². The molecule has 27 heavy (non-hydrogen) atoms. The summed E-state index contributed by atoms with van der Waals surface area (Å²) < 4.78 is 10.2. The third kappa shape index (κ3) is 7.53. The fourth-order valence-electron chi connectivity index (χ4n) is 2.28. The summed E-state index contributed by atoms with van der Waals surface area (Å²) in [5.41, 5.74) is 1.83. The van der Waals surface area contributed by atoms with E-state index in [-0.39, 0.29) is 18.9 Å². The lowest BCUT2D eigenvalue weighted by atomic mass is 10.1. The largest absolute Gasteiger partial charge is 0.496 e. The topological polar surface area (TPSA) is 64.6 Å². The molecule has 5 nitrogen and oxygen atoms in total. The van der Waals surface area contributed by atoms with E-state index in [0.29, 0.717) is 22.9 Å². The van der Waals surface area contributed by atoms with Gasteiger partial charge in [0.25, 0.3) is 5.91 Å². The van der Waals surface area contributed by atoms with E-state index >= 15 is 0 Å². The molecule has 2 aromatic rings. The number of thioether (sulfide) groups is 1. The molecule has 0 aliphatic heterocycles. The second kappa shape index (κ2) is 10.8. The maximum Gasteiger partial charge on any atom is 0.310 e. The highest BCUT2D eigenvalue weighted by Crippen LogP contribution is 2.23. The monoisotopic (exact) mass is 407 g/mol. The molecule has 0 spiro atoms. The van der Waals surface area contributed by atoms with Crippen molar-refractivity contribution in [3.05, 3.63) is 58.6 Å². The summed E-state index contributed by atoms with van der Waals surface area (Å²) >= 11 is 7.59. The van der Waals surface area contributed by atoms with Crippen molar-refractivity contribution in [3.8, 4) is 5.75 Å². The van der Waals surface area contributed by atoms with Crippen LogP contribution in [0.25, 0.3) is 0 Å². The van der Waals surface area contributed by atoms with Gasteiger partial charge in [-0.25, -0.2) is 0 Å². The van der Waals surface area contributed by atoms with Gasteiger partial charge in [0.05, 0.1) is 13.5 Å². The number of nitrogens with one attached hydrogen (secondary N) is 1. The third-order valence-corrected chi connectivity index (χ3v) is 4.90. The summed E-state index contributed by atoms with van der Waals surface area (Å²) in [5.74, 6) is 0.447. The van der Waals surface area contributed by atoms with Gasteiger partial charge < -0.3 is 14.8 Å². The quantitative estimate of drug-likeness (QED) is 0.390. The number of aryl methyl sites for hydroxylation is 1. The molecule has 144 valence electrons. The van der Waals surface area contributed by atoms with E-state index in [2.05, 4.69) is 17.4 Å². The first-order chi connectivity index (χ1) is 13.0. The number of hydrogen-bond donors (Lipinski definition) is 1. The summed E-state index contributed by atoms with van der Waals surface area (Å²) in [6.45, 7) is 2.23. The van der Waals surface area contributed by atoms with Crippen LogP contribution in [0.1, 0.15) is 11.1 Å². The van der Waals surface area contributed by atoms with Crippen LogP contribution in [0.15, 0.2) is 47.4 Å². The number of ether oxygens (including phenoxy) is 2. The first-order valence-electron chi connectivity index (χ1n) is 8.42. The zero-order valence-electron chi connectivity index (χ0n) is 15.3.